The van der Waals surface area contributed by atoms with E-state index >= 15 is 0 Å². The maximum Gasteiger partial charge on any atom is 0.255 e. The molecular weight excluding hydrogens is 299 g/mol. The average Bonchev–Trinajstić information content (AvgIpc) is 2.41. The van der Waals surface area contributed by atoms with Crippen LogP contribution in [0, 0.1) is 11.7 Å². The van der Waals surface area contributed by atoms with Crippen LogP contribution in [0.2, 0.25) is 5.02 Å². The molecule has 21 heavy (non-hydrogen) atoms. The Morgan fingerprint density at radius 3 is 2.52 bits per heavy atom. The molecule has 2 amide bonds. The summed E-state index contributed by atoms with van der Waals surface area (Å²) < 4.78 is 13.2. The molecule has 0 aliphatic carbocycles. The zero-order valence-corrected chi connectivity index (χ0v) is 12.6. The van der Waals surface area contributed by atoms with E-state index in [9.17, 15) is 19.1 Å². The molecule has 0 unspecified atom stereocenters. The molecular formula is C14H18ClFN2O3. The van der Waals surface area contributed by atoms with Gasteiger partial charge in [-0.25, -0.2) is 4.39 Å². The van der Waals surface area contributed by atoms with E-state index in [4.69, 9.17) is 11.6 Å². The third kappa shape index (κ3) is 5.23. The van der Waals surface area contributed by atoms with Gasteiger partial charge in [0.05, 0.1) is 10.6 Å². The van der Waals surface area contributed by atoms with Crippen molar-refractivity contribution in [2.24, 2.45) is 5.92 Å². The van der Waals surface area contributed by atoms with Gasteiger partial charge in [-0.3, -0.25) is 9.59 Å². The summed E-state index contributed by atoms with van der Waals surface area (Å²) in [5, 5.41) is 14.6. The lowest BCUT2D eigenvalue weighted by molar-refractivity contribution is -0.123. The molecule has 7 heteroatoms. The summed E-state index contributed by atoms with van der Waals surface area (Å²) in [4.78, 5) is 23.1. The quantitative estimate of drug-likeness (QED) is 0.703. The fourth-order valence-electron chi connectivity index (χ4n) is 1.54. The van der Waals surface area contributed by atoms with Gasteiger partial charge in [-0.1, -0.05) is 25.4 Å². The maximum absolute atomic E-state index is 13.2. The van der Waals surface area contributed by atoms with Crippen LogP contribution in [-0.2, 0) is 4.79 Å². The number of hydrogen-bond acceptors (Lipinski definition) is 3. The highest BCUT2D eigenvalue weighted by Gasteiger charge is 2.15. The predicted molar refractivity (Wildman–Crippen MR) is 77.9 cm³/mol. The molecule has 0 saturated heterocycles. The Labute approximate surface area is 127 Å². The molecule has 1 rings (SSSR count). The van der Waals surface area contributed by atoms with Crippen LogP contribution in [0.1, 0.15) is 30.6 Å². The van der Waals surface area contributed by atoms with Crippen LogP contribution >= 0.6 is 11.6 Å². The Kier molecular flexibility index (Phi) is 6.42. The van der Waals surface area contributed by atoms with Crippen molar-refractivity contribution in [2.45, 2.75) is 20.3 Å². The predicted octanol–water partition coefficient (Wildman–Crippen LogP) is 2.08. The second-order valence-corrected chi connectivity index (χ2v) is 5.25. The zero-order chi connectivity index (χ0) is 16.0. The van der Waals surface area contributed by atoms with Crippen molar-refractivity contribution in [3.8, 4) is 5.75 Å². The summed E-state index contributed by atoms with van der Waals surface area (Å²) in [7, 11) is 0. The van der Waals surface area contributed by atoms with Gasteiger partial charge in [0.15, 0.2) is 0 Å². The molecule has 1 aromatic rings. The molecule has 0 heterocycles. The molecule has 0 spiro atoms. The van der Waals surface area contributed by atoms with E-state index in [-0.39, 0.29) is 29.0 Å². The molecule has 0 saturated carbocycles. The number of nitrogens with one attached hydrogen (secondary N) is 2. The number of phenolic OH excluding ortho intramolecular Hbond substituents is 1. The standard InChI is InChI=1S/C14H18ClFN2O3/c1-8(2)13(20)17-4-3-5-18-14(21)10-6-9(16)7-11(15)12(10)19/h6-8,19H,3-5H2,1-2H3,(H,17,20)(H,18,21). The van der Waals surface area contributed by atoms with Crippen LogP contribution in [0.4, 0.5) is 4.39 Å². The summed E-state index contributed by atoms with van der Waals surface area (Å²) in [6.45, 7) is 4.28. The molecule has 5 nitrogen and oxygen atoms in total. The van der Waals surface area contributed by atoms with Crippen molar-refractivity contribution in [2.75, 3.05) is 13.1 Å². The SMILES string of the molecule is CC(C)C(=O)NCCCNC(=O)c1cc(F)cc(Cl)c1O. The minimum Gasteiger partial charge on any atom is -0.506 e. The minimum atomic E-state index is -0.702. The van der Waals surface area contributed by atoms with Gasteiger partial charge < -0.3 is 15.7 Å². The Balaban J connectivity index is 2.43. The van der Waals surface area contributed by atoms with E-state index in [0.29, 0.717) is 13.0 Å². The molecule has 0 bridgehead atoms. The first-order valence-corrected chi connectivity index (χ1v) is 6.94. The number of carbonyl (C=O) groups excluding carboxylic acids is 2. The lowest BCUT2D eigenvalue weighted by Crippen LogP contribution is -2.32. The van der Waals surface area contributed by atoms with Gasteiger partial charge in [-0.2, -0.15) is 0 Å². The second kappa shape index (κ2) is 7.83. The number of aromatic hydroxyl groups is 1. The average molecular weight is 317 g/mol. The fraction of sp³-hybridized carbons (Fsp3) is 0.429. The van der Waals surface area contributed by atoms with Crippen LogP contribution < -0.4 is 10.6 Å². The Bertz CT molecular complexity index is 535. The molecule has 116 valence electrons. The first-order chi connectivity index (χ1) is 9.82. The van der Waals surface area contributed by atoms with Crippen molar-refractivity contribution < 1.29 is 19.1 Å². The molecule has 0 fully saturated rings. The van der Waals surface area contributed by atoms with Gasteiger partial charge >= 0.3 is 0 Å². The largest absolute Gasteiger partial charge is 0.506 e. The summed E-state index contributed by atoms with van der Waals surface area (Å²) in [6, 6.07) is 1.84. The van der Waals surface area contributed by atoms with E-state index in [1.165, 1.54) is 0 Å². The first kappa shape index (κ1) is 17.2. The smallest absolute Gasteiger partial charge is 0.255 e. The number of hydrogen-bond donors (Lipinski definition) is 3. The van der Waals surface area contributed by atoms with E-state index in [2.05, 4.69) is 10.6 Å². The highest BCUT2D eigenvalue weighted by molar-refractivity contribution is 6.32. The number of phenols is 1. The highest BCUT2D eigenvalue weighted by atomic mass is 35.5. The lowest BCUT2D eigenvalue weighted by atomic mass is 10.1. The Morgan fingerprint density at radius 1 is 1.29 bits per heavy atom. The molecule has 0 radical (unpaired) electrons. The number of benzene rings is 1. The van der Waals surface area contributed by atoms with Crippen LogP contribution in [0.5, 0.6) is 5.75 Å². The van der Waals surface area contributed by atoms with Crippen LogP contribution in [-0.4, -0.2) is 30.0 Å². The maximum atomic E-state index is 13.2. The second-order valence-electron chi connectivity index (χ2n) is 4.84. The molecule has 1 aromatic carbocycles. The van der Waals surface area contributed by atoms with Gasteiger partial charge in [0.1, 0.15) is 11.6 Å². The van der Waals surface area contributed by atoms with Crippen molar-refractivity contribution in [3.63, 3.8) is 0 Å². The normalized spacial score (nSPS) is 10.5. The topological polar surface area (TPSA) is 78.4 Å². The number of halogens is 2. The monoisotopic (exact) mass is 316 g/mol. The fourth-order valence-corrected chi connectivity index (χ4v) is 1.75. The van der Waals surface area contributed by atoms with Gasteiger partial charge in [-0.15, -0.1) is 0 Å². The molecule has 3 N–H and O–H groups in total. The van der Waals surface area contributed by atoms with Gasteiger partial charge in [0.2, 0.25) is 5.91 Å². The Morgan fingerprint density at radius 2 is 1.90 bits per heavy atom. The molecule has 0 atom stereocenters. The molecule has 0 aromatic heterocycles. The van der Waals surface area contributed by atoms with Crippen molar-refractivity contribution >= 4 is 23.4 Å². The summed E-state index contributed by atoms with van der Waals surface area (Å²) in [6.07, 6.45) is 0.522. The van der Waals surface area contributed by atoms with Gasteiger partial charge in [0, 0.05) is 19.0 Å². The van der Waals surface area contributed by atoms with Crippen LogP contribution in [0.15, 0.2) is 12.1 Å². The Hall–Kier alpha value is -1.82. The van der Waals surface area contributed by atoms with E-state index in [0.717, 1.165) is 12.1 Å². The third-order valence-electron chi connectivity index (χ3n) is 2.74. The van der Waals surface area contributed by atoms with E-state index in [1.807, 2.05) is 0 Å². The molecule has 0 aliphatic heterocycles. The molecule has 0 aliphatic rings. The van der Waals surface area contributed by atoms with Crippen molar-refractivity contribution in [1.29, 1.82) is 0 Å². The number of carbonyl (C=O) groups is 2. The van der Waals surface area contributed by atoms with Crippen LogP contribution in [0.3, 0.4) is 0 Å². The van der Waals surface area contributed by atoms with Gasteiger partial charge in [0.25, 0.3) is 5.91 Å². The van der Waals surface area contributed by atoms with E-state index < -0.39 is 17.5 Å². The third-order valence-corrected chi connectivity index (χ3v) is 3.02. The summed E-state index contributed by atoms with van der Waals surface area (Å²) >= 11 is 5.59. The highest BCUT2D eigenvalue weighted by Crippen LogP contribution is 2.28. The summed E-state index contributed by atoms with van der Waals surface area (Å²) in [5.41, 5.74) is -0.216. The van der Waals surface area contributed by atoms with Crippen LogP contribution in [0.25, 0.3) is 0 Å². The minimum absolute atomic E-state index is 0.0594. The van der Waals surface area contributed by atoms with E-state index in [1.54, 1.807) is 13.8 Å². The lowest BCUT2D eigenvalue weighted by Gasteiger charge is -2.09. The number of rotatable bonds is 6. The summed E-state index contributed by atoms with van der Waals surface area (Å²) in [5.74, 6) is -1.93. The number of amides is 2. The van der Waals surface area contributed by atoms with Crippen molar-refractivity contribution in [1.82, 2.24) is 10.6 Å². The van der Waals surface area contributed by atoms with Crippen molar-refractivity contribution in [3.05, 3.63) is 28.5 Å². The first-order valence-electron chi connectivity index (χ1n) is 6.57. The zero-order valence-electron chi connectivity index (χ0n) is 11.9. The van der Waals surface area contributed by atoms with Gasteiger partial charge in [-0.05, 0) is 18.6 Å².